The normalized spacial score (nSPS) is 29.0. The molecule has 2 aliphatic heterocycles. The number of carbonyl (C=O) groups excluding carboxylic acids is 1. The molecule has 0 spiro atoms. The molecule has 0 aromatic heterocycles. The first-order valence-corrected chi connectivity index (χ1v) is 8.87. The average molecular weight is 330 g/mol. The Hall–Kier alpha value is -1.65. The molecule has 3 rings (SSSR count). The maximum atomic E-state index is 11.8. The molecular weight excluding hydrogens is 304 g/mol. The molecular formula is C20H26O4. The number of rotatable bonds is 6. The van der Waals surface area contributed by atoms with Crippen molar-refractivity contribution in [2.75, 3.05) is 13.2 Å². The van der Waals surface area contributed by atoms with Gasteiger partial charge in [0.05, 0.1) is 12.7 Å². The number of hydrogen-bond donors (Lipinski definition) is 0. The summed E-state index contributed by atoms with van der Waals surface area (Å²) in [4.78, 5) is 11.8. The second-order valence-electron chi connectivity index (χ2n) is 6.54. The summed E-state index contributed by atoms with van der Waals surface area (Å²) in [6.45, 7) is 6.85. The van der Waals surface area contributed by atoms with Crippen molar-refractivity contribution in [2.24, 2.45) is 11.8 Å². The van der Waals surface area contributed by atoms with Crippen LogP contribution in [0, 0.1) is 11.8 Å². The molecule has 0 bridgehead atoms. The Morgan fingerprint density at radius 2 is 2.12 bits per heavy atom. The van der Waals surface area contributed by atoms with E-state index in [0.29, 0.717) is 30.4 Å². The number of esters is 1. The molecule has 4 atom stereocenters. The van der Waals surface area contributed by atoms with Crippen molar-refractivity contribution in [1.29, 1.82) is 0 Å². The molecule has 2 aliphatic rings. The Bertz CT molecular complexity index is 568. The van der Waals surface area contributed by atoms with Gasteiger partial charge in [0.15, 0.2) is 6.29 Å². The SMILES string of the molecule is C=C(CC[C@@H]1C(c2ccccc2)O[C@@H]2OCCC[C@@H]21)C(=O)OCC. The Kier molecular flexibility index (Phi) is 5.69. The van der Waals surface area contributed by atoms with Gasteiger partial charge in [-0.15, -0.1) is 0 Å². The van der Waals surface area contributed by atoms with Crippen molar-refractivity contribution in [2.45, 2.75) is 45.0 Å². The van der Waals surface area contributed by atoms with Crippen LogP contribution in [0.25, 0.3) is 0 Å². The maximum Gasteiger partial charge on any atom is 0.333 e. The molecule has 2 saturated heterocycles. The minimum Gasteiger partial charge on any atom is -0.463 e. The van der Waals surface area contributed by atoms with Crippen molar-refractivity contribution in [1.82, 2.24) is 0 Å². The quantitative estimate of drug-likeness (QED) is 0.583. The van der Waals surface area contributed by atoms with Crippen molar-refractivity contribution in [3.8, 4) is 0 Å². The molecule has 4 heteroatoms. The summed E-state index contributed by atoms with van der Waals surface area (Å²) in [6, 6.07) is 10.3. The number of benzene rings is 1. The number of carbonyl (C=O) groups is 1. The van der Waals surface area contributed by atoms with Crippen LogP contribution in [-0.4, -0.2) is 25.5 Å². The van der Waals surface area contributed by atoms with E-state index in [-0.39, 0.29) is 18.4 Å². The van der Waals surface area contributed by atoms with E-state index in [2.05, 4.69) is 18.7 Å². The van der Waals surface area contributed by atoms with E-state index in [1.165, 1.54) is 5.56 Å². The fourth-order valence-corrected chi connectivity index (χ4v) is 3.81. The lowest BCUT2D eigenvalue weighted by Crippen LogP contribution is -2.28. The lowest BCUT2D eigenvalue weighted by Gasteiger charge is -2.27. The summed E-state index contributed by atoms with van der Waals surface area (Å²) < 4.78 is 17.1. The highest BCUT2D eigenvalue weighted by Gasteiger charge is 2.46. The standard InChI is InChI=1S/C20H26O4/c1-3-22-19(21)14(2)11-12-16-17-10-7-13-23-20(17)24-18(16)15-8-5-4-6-9-15/h4-6,8-9,16-18,20H,2-3,7,10-13H2,1H3/t16-,17+,18?,20-/m0/s1. The van der Waals surface area contributed by atoms with E-state index in [0.717, 1.165) is 25.9 Å². The molecule has 1 unspecified atom stereocenters. The maximum absolute atomic E-state index is 11.8. The highest BCUT2D eigenvalue weighted by atomic mass is 16.7. The van der Waals surface area contributed by atoms with Crippen LogP contribution in [0.4, 0.5) is 0 Å². The van der Waals surface area contributed by atoms with Crippen LogP contribution in [0.3, 0.4) is 0 Å². The number of hydrogen-bond acceptors (Lipinski definition) is 4. The summed E-state index contributed by atoms with van der Waals surface area (Å²) in [5.74, 6) is 0.437. The van der Waals surface area contributed by atoms with E-state index < -0.39 is 0 Å². The summed E-state index contributed by atoms with van der Waals surface area (Å²) in [5, 5.41) is 0. The number of ether oxygens (including phenoxy) is 3. The molecule has 1 aromatic rings. The van der Waals surface area contributed by atoms with Gasteiger partial charge in [-0.1, -0.05) is 36.9 Å². The topological polar surface area (TPSA) is 44.8 Å². The molecule has 4 nitrogen and oxygen atoms in total. The van der Waals surface area contributed by atoms with Crippen molar-refractivity contribution in [3.63, 3.8) is 0 Å². The van der Waals surface area contributed by atoms with Crippen LogP contribution < -0.4 is 0 Å². The fraction of sp³-hybridized carbons (Fsp3) is 0.550. The zero-order chi connectivity index (χ0) is 16.9. The fourth-order valence-electron chi connectivity index (χ4n) is 3.81. The molecule has 0 saturated carbocycles. The van der Waals surface area contributed by atoms with Gasteiger partial charge in [0.25, 0.3) is 0 Å². The van der Waals surface area contributed by atoms with Crippen LogP contribution in [0.5, 0.6) is 0 Å². The molecule has 0 N–H and O–H groups in total. The molecule has 0 amide bonds. The predicted octanol–water partition coefficient (Wildman–Crippen LogP) is 4.03. The molecule has 2 fully saturated rings. The van der Waals surface area contributed by atoms with Crippen LogP contribution in [0.15, 0.2) is 42.5 Å². The van der Waals surface area contributed by atoms with Crippen LogP contribution in [0.1, 0.15) is 44.3 Å². The van der Waals surface area contributed by atoms with E-state index in [9.17, 15) is 4.79 Å². The monoisotopic (exact) mass is 330 g/mol. The van der Waals surface area contributed by atoms with E-state index in [1.54, 1.807) is 0 Å². The predicted molar refractivity (Wildman–Crippen MR) is 91.2 cm³/mol. The highest BCUT2D eigenvalue weighted by molar-refractivity contribution is 5.87. The largest absolute Gasteiger partial charge is 0.463 e. The van der Waals surface area contributed by atoms with Crippen molar-refractivity contribution >= 4 is 5.97 Å². The van der Waals surface area contributed by atoms with Gasteiger partial charge < -0.3 is 14.2 Å². The molecule has 1 aromatic carbocycles. The molecule has 24 heavy (non-hydrogen) atoms. The highest BCUT2D eigenvalue weighted by Crippen LogP contribution is 2.48. The lowest BCUT2D eigenvalue weighted by atomic mass is 9.80. The smallest absolute Gasteiger partial charge is 0.333 e. The van der Waals surface area contributed by atoms with Crippen LogP contribution in [-0.2, 0) is 19.0 Å². The average Bonchev–Trinajstić information content (AvgIpc) is 2.99. The van der Waals surface area contributed by atoms with E-state index in [4.69, 9.17) is 14.2 Å². The lowest BCUT2D eigenvalue weighted by molar-refractivity contribution is -0.167. The zero-order valence-corrected chi connectivity index (χ0v) is 14.3. The first-order chi connectivity index (χ1) is 11.7. The Morgan fingerprint density at radius 3 is 2.88 bits per heavy atom. The molecule has 0 aliphatic carbocycles. The third-order valence-electron chi connectivity index (χ3n) is 5.00. The first kappa shape index (κ1) is 17.2. The second kappa shape index (κ2) is 7.95. The summed E-state index contributed by atoms with van der Waals surface area (Å²) in [7, 11) is 0. The summed E-state index contributed by atoms with van der Waals surface area (Å²) in [6.07, 6.45) is 3.59. The third kappa shape index (κ3) is 3.70. The third-order valence-corrected chi connectivity index (χ3v) is 5.00. The first-order valence-electron chi connectivity index (χ1n) is 8.87. The van der Waals surface area contributed by atoms with Gasteiger partial charge in [0.1, 0.15) is 0 Å². The number of fused-ring (bicyclic) bond motifs is 1. The minimum absolute atomic E-state index is 0.0225. The van der Waals surface area contributed by atoms with Crippen LogP contribution in [0.2, 0.25) is 0 Å². The van der Waals surface area contributed by atoms with Gasteiger partial charge in [-0.05, 0) is 44.1 Å². The van der Waals surface area contributed by atoms with Gasteiger partial charge in [-0.25, -0.2) is 4.79 Å². The minimum atomic E-state index is -0.288. The van der Waals surface area contributed by atoms with Gasteiger partial charge in [-0.3, -0.25) is 0 Å². The molecule has 0 radical (unpaired) electrons. The Morgan fingerprint density at radius 1 is 1.33 bits per heavy atom. The molecule has 130 valence electrons. The summed E-state index contributed by atoms with van der Waals surface area (Å²) >= 11 is 0. The van der Waals surface area contributed by atoms with Crippen molar-refractivity contribution < 1.29 is 19.0 Å². The second-order valence-corrected chi connectivity index (χ2v) is 6.54. The van der Waals surface area contributed by atoms with Gasteiger partial charge in [0.2, 0.25) is 0 Å². The zero-order valence-electron chi connectivity index (χ0n) is 14.3. The molecule has 2 heterocycles. The van der Waals surface area contributed by atoms with Gasteiger partial charge in [0, 0.05) is 18.1 Å². The van der Waals surface area contributed by atoms with E-state index in [1.807, 2.05) is 25.1 Å². The van der Waals surface area contributed by atoms with Gasteiger partial charge in [-0.2, -0.15) is 0 Å². The Balaban J connectivity index is 1.71. The van der Waals surface area contributed by atoms with E-state index >= 15 is 0 Å². The Labute approximate surface area is 143 Å². The van der Waals surface area contributed by atoms with Gasteiger partial charge >= 0.3 is 5.97 Å². The van der Waals surface area contributed by atoms with Crippen LogP contribution >= 0.6 is 0 Å². The summed E-state index contributed by atoms with van der Waals surface area (Å²) in [5.41, 5.74) is 1.73. The van der Waals surface area contributed by atoms with Crippen molar-refractivity contribution in [3.05, 3.63) is 48.0 Å².